The van der Waals surface area contributed by atoms with Crippen LogP contribution in [0.4, 0.5) is 0 Å². The summed E-state index contributed by atoms with van der Waals surface area (Å²) >= 11 is 2.04. The van der Waals surface area contributed by atoms with Crippen molar-refractivity contribution in [3.05, 3.63) is 41.5 Å². The molecule has 0 radical (unpaired) electrons. The summed E-state index contributed by atoms with van der Waals surface area (Å²) < 4.78 is 0. The van der Waals surface area contributed by atoms with Gasteiger partial charge >= 0.3 is 5.97 Å². The first kappa shape index (κ1) is 15.1. The van der Waals surface area contributed by atoms with Crippen molar-refractivity contribution in [3.63, 3.8) is 0 Å². The molecule has 0 saturated carbocycles. The zero-order valence-electron chi connectivity index (χ0n) is 12.0. The largest absolute Gasteiger partial charge is 0.478 e. The highest BCUT2D eigenvalue weighted by Crippen LogP contribution is 2.26. The van der Waals surface area contributed by atoms with Crippen LogP contribution in [0.1, 0.15) is 25.0 Å². The lowest BCUT2D eigenvalue weighted by Crippen LogP contribution is -2.39. The van der Waals surface area contributed by atoms with Crippen LogP contribution in [0.25, 0.3) is 6.08 Å². The van der Waals surface area contributed by atoms with Crippen LogP contribution >= 0.6 is 11.8 Å². The van der Waals surface area contributed by atoms with E-state index in [2.05, 4.69) is 24.8 Å². The molecule has 2 atom stereocenters. The van der Waals surface area contributed by atoms with Crippen molar-refractivity contribution in [2.75, 3.05) is 13.1 Å². The van der Waals surface area contributed by atoms with E-state index in [1.165, 1.54) is 11.6 Å². The minimum Gasteiger partial charge on any atom is -0.478 e. The van der Waals surface area contributed by atoms with Crippen LogP contribution in [0.3, 0.4) is 0 Å². The average Bonchev–Trinajstić information content (AvgIpc) is 2.36. The molecule has 0 bridgehead atoms. The number of carboxylic acid groups (broad SMARTS) is 1. The van der Waals surface area contributed by atoms with Crippen LogP contribution in [-0.2, 0) is 11.3 Å². The topological polar surface area (TPSA) is 40.5 Å². The first-order chi connectivity index (χ1) is 9.54. The molecule has 2 unspecified atom stereocenters. The minimum absolute atomic E-state index is 0.653. The lowest BCUT2D eigenvalue weighted by molar-refractivity contribution is -0.131. The summed E-state index contributed by atoms with van der Waals surface area (Å²) in [6.07, 6.45) is 2.89. The molecule has 0 aromatic heterocycles. The van der Waals surface area contributed by atoms with Crippen molar-refractivity contribution in [1.82, 2.24) is 4.90 Å². The van der Waals surface area contributed by atoms with Crippen LogP contribution in [0, 0.1) is 0 Å². The van der Waals surface area contributed by atoms with E-state index in [1.54, 1.807) is 6.08 Å². The van der Waals surface area contributed by atoms with Gasteiger partial charge in [0.2, 0.25) is 0 Å². The van der Waals surface area contributed by atoms with Crippen LogP contribution in [0.5, 0.6) is 0 Å². The zero-order chi connectivity index (χ0) is 14.5. The maximum atomic E-state index is 10.7. The van der Waals surface area contributed by atoms with Crippen LogP contribution in [0.15, 0.2) is 30.3 Å². The lowest BCUT2D eigenvalue weighted by atomic mass is 10.1. The summed E-state index contributed by atoms with van der Waals surface area (Å²) in [7, 11) is 0. The maximum absolute atomic E-state index is 10.7. The Balaban J connectivity index is 2.10. The number of hydrogen-bond acceptors (Lipinski definition) is 3. The number of carboxylic acids is 1. The summed E-state index contributed by atoms with van der Waals surface area (Å²) in [5, 5.41) is 10.1. The maximum Gasteiger partial charge on any atom is 0.328 e. The smallest absolute Gasteiger partial charge is 0.328 e. The van der Waals surface area contributed by atoms with Gasteiger partial charge in [-0.1, -0.05) is 38.1 Å². The fraction of sp³-hybridized carbons (Fsp3) is 0.438. The predicted octanol–water partition coefficient (Wildman–Crippen LogP) is 3.11. The van der Waals surface area contributed by atoms with E-state index >= 15 is 0 Å². The van der Waals surface area contributed by atoms with Gasteiger partial charge in [-0.3, -0.25) is 4.90 Å². The Morgan fingerprint density at radius 1 is 1.35 bits per heavy atom. The number of nitrogens with zero attached hydrogens (tertiary/aromatic N) is 1. The number of benzene rings is 1. The molecular weight excluding hydrogens is 270 g/mol. The van der Waals surface area contributed by atoms with Crippen LogP contribution < -0.4 is 0 Å². The Hall–Kier alpha value is -1.26. The number of aliphatic carboxylic acids is 1. The Labute approximate surface area is 124 Å². The molecule has 0 spiro atoms. The number of hydrogen-bond donors (Lipinski definition) is 1. The second kappa shape index (κ2) is 6.95. The highest BCUT2D eigenvalue weighted by molar-refractivity contribution is 8.00. The van der Waals surface area contributed by atoms with Gasteiger partial charge in [0, 0.05) is 36.2 Å². The standard InChI is InChI=1S/C16H21NO2S/c1-12-9-17(10-13(2)20-12)11-15-6-4-3-5-14(15)7-8-16(18)19/h3-8,12-13H,9-11H2,1-2H3,(H,18,19). The molecule has 1 saturated heterocycles. The first-order valence-corrected chi connectivity index (χ1v) is 7.85. The molecule has 1 N–H and O–H groups in total. The van der Waals surface area contributed by atoms with Gasteiger partial charge in [0.1, 0.15) is 0 Å². The van der Waals surface area contributed by atoms with Crippen LogP contribution in [-0.4, -0.2) is 39.6 Å². The monoisotopic (exact) mass is 291 g/mol. The third-order valence-corrected chi connectivity index (χ3v) is 4.58. The highest BCUT2D eigenvalue weighted by Gasteiger charge is 2.22. The molecule has 4 heteroatoms. The third kappa shape index (κ3) is 4.39. The molecule has 108 valence electrons. The van der Waals surface area contributed by atoms with E-state index in [0.29, 0.717) is 10.5 Å². The molecule has 3 nitrogen and oxygen atoms in total. The predicted molar refractivity (Wildman–Crippen MR) is 84.9 cm³/mol. The van der Waals surface area contributed by atoms with E-state index < -0.39 is 5.97 Å². The molecule has 2 rings (SSSR count). The van der Waals surface area contributed by atoms with Crippen molar-refractivity contribution in [1.29, 1.82) is 0 Å². The Morgan fingerprint density at radius 2 is 2.00 bits per heavy atom. The molecule has 1 aromatic carbocycles. The lowest BCUT2D eigenvalue weighted by Gasteiger charge is -2.34. The molecule has 20 heavy (non-hydrogen) atoms. The molecule has 1 fully saturated rings. The Kier molecular flexibility index (Phi) is 5.26. The zero-order valence-corrected chi connectivity index (χ0v) is 12.8. The van der Waals surface area contributed by atoms with Gasteiger partial charge in [-0.15, -0.1) is 0 Å². The summed E-state index contributed by atoms with van der Waals surface area (Å²) in [6, 6.07) is 8.01. The van der Waals surface area contributed by atoms with Gasteiger partial charge in [0.05, 0.1) is 0 Å². The van der Waals surface area contributed by atoms with Gasteiger partial charge in [-0.05, 0) is 17.2 Å². The normalized spacial score (nSPS) is 24.1. The van der Waals surface area contributed by atoms with Crippen molar-refractivity contribution in [2.24, 2.45) is 0 Å². The van der Waals surface area contributed by atoms with E-state index in [1.807, 2.05) is 30.0 Å². The summed E-state index contributed by atoms with van der Waals surface area (Å²) in [4.78, 5) is 13.1. The molecular formula is C16H21NO2S. The van der Waals surface area contributed by atoms with Gasteiger partial charge in [-0.2, -0.15) is 11.8 Å². The minimum atomic E-state index is -0.906. The highest BCUT2D eigenvalue weighted by atomic mass is 32.2. The van der Waals surface area contributed by atoms with E-state index in [4.69, 9.17) is 5.11 Å². The second-order valence-electron chi connectivity index (χ2n) is 5.32. The van der Waals surface area contributed by atoms with Crippen molar-refractivity contribution in [3.8, 4) is 0 Å². The molecule has 1 aliphatic heterocycles. The van der Waals surface area contributed by atoms with Crippen molar-refractivity contribution in [2.45, 2.75) is 30.9 Å². The summed E-state index contributed by atoms with van der Waals surface area (Å²) in [5.74, 6) is -0.906. The van der Waals surface area contributed by atoms with Gasteiger partial charge in [0.15, 0.2) is 0 Å². The molecule has 1 aromatic rings. The molecule has 0 amide bonds. The van der Waals surface area contributed by atoms with Crippen molar-refractivity contribution < 1.29 is 9.90 Å². The van der Waals surface area contributed by atoms with Gasteiger partial charge in [0.25, 0.3) is 0 Å². The fourth-order valence-corrected chi connectivity index (χ4v) is 4.04. The number of rotatable bonds is 4. The fourth-order valence-electron chi connectivity index (χ4n) is 2.66. The second-order valence-corrected chi connectivity index (χ2v) is 7.20. The summed E-state index contributed by atoms with van der Waals surface area (Å²) in [5.41, 5.74) is 2.18. The van der Waals surface area contributed by atoms with Gasteiger partial charge < -0.3 is 5.11 Å². The average molecular weight is 291 g/mol. The quantitative estimate of drug-likeness (QED) is 0.865. The first-order valence-electron chi connectivity index (χ1n) is 6.91. The SMILES string of the molecule is CC1CN(Cc2ccccc2C=CC(=O)O)CC(C)S1. The Bertz CT molecular complexity index is 491. The number of carbonyl (C=O) groups is 1. The summed E-state index contributed by atoms with van der Waals surface area (Å²) in [6.45, 7) is 7.60. The Morgan fingerprint density at radius 3 is 2.65 bits per heavy atom. The van der Waals surface area contributed by atoms with E-state index in [0.717, 1.165) is 25.2 Å². The van der Waals surface area contributed by atoms with Crippen LogP contribution in [0.2, 0.25) is 0 Å². The molecule has 1 heterocycles. The van der Waals surface area contributed by atoms with Gasteiger partial charge in [-0.25, -0.2) is 4.79 Å². The third-order valence-electron chi connectivity index (χ3n) is 3.35. The molecule has 0 aliphatic carbocycles. The van der Waals surface area contributed by atoms with E-state index in [9.17, 15) is 4.79 Å². The number of thioether (sulfide) groups is 1. The molecule has 1 aliphatic rings. The van der Waals surface area contributed by atoms with E-state index in [-0.39, 0.29) is 0 Å². The van der Waals surface area contributed by atoms with Crippen molar-refractivity contribution >= 4 is 23.8 Å².